The average Bonchev–Trinajstić information content (AvgIpc) is 2.35. The van der Waals surface area contributed by atoms with Gasteiger partial charge in [-0.25, -0.2) is 0 Å². The molecule has 0 saturated carbocycles. The van der Waals surface area contributed by atoms with Crippen molar-refractivity contribution >= 4 is 0 Å². The van der Waals surface area contributed by atoms with Crippen LogP contribution in [0.5, 0.6) is 0 Å². The SMILES string of the molecule is COCc1ccc(CN2CCN(C)CC2)nn1. The van der Waals surface area contributed by atoms with Crippen molar-refractivity contribution in [2.45, 2.75) is 13.2 Å². The molecule has 94 valence electrons. The van der Waals surface area contributed by atoms with Gasteiger partial charge in [0.25, 0.3) is 0 Å². The molecule has 0 bridgehead atoms. The molecule has 1 aromatic heterocycles. The number of hydrogen-bond acceptors (Lipinski definition) is 5. The zero-order valence-corrected chi connectivity index (χ0v) is 10.6. The molecule has 1 saturated heterocycles. The van der Waals surface area contributed by atoms with Crippen LogP contribution in [0, 0.1) is 0 Å². The molecule has 5 nitrogen and oxygen atoms in total. The first-order valence-corrected chi connectivity index (χ1v) is 5.99. The summed E-state index contributed by atoms with van der Waals surface area (Å²) in [5.74, 6) is 0. The van der Waals surface area contributed by atoms with Crippen LogP contribution in [0.1, 0.15) is 11.4 Å². The quantitative estimate of drug-likeness (QED) is 0.755. The van der Waals surface area contributed by atoms with Gasteiger partial charge in [-0.2, -0.15) is 10.2 Å². The smallest absolute Gasteiger partial charge is 0.0902 e. The Labute approximate surface area is 102 Å². The Morgan fingerprint density at radius 3 is 2.35 bits per heavy atom. The molecule has 1 fully saturated rings. The van der Waals surface area contributed by atoms with E-state index in [0.717, 1.165) is 44.1 Å². The predicted molar refractivity (Wildman–Crippen MR) is 65.5 cm³/mol. The third kappa shape index (κ3) is 3.73. The first-order valence-electron chi connectivity index (χ1n) is 5.99. The molecular formula is C12H20N4O. The number of piperazine rings is 1. The van der Waals surface area contributed by atoms with Gasteiger partial charge in [0.2, 0.25) is 0 Å². The molecule has 1 aromatic rings. The molecule has 0 aliphatic carbocycles. The number of rotatable bonds is 4. The van der Waals surface area contributed by atoms with E-state index in [1.165, 1.54) is 0 Å². The molecule has 1 aliphatic heterocycles. The molecule has 1 aliphatic rings. The van der Waals surface area contributed by atoms with Crippen molar-refractivity contribution in [2.24, 2.45) is 0 Å². The van der Waals surface area contributed by atoms with Crippen molar-refractivity contribution in [1.82, 2.24) is 20.0 Å². The van der Waals surface area contributed by atoms with Crippen molar-refractivity contribution in [3.05, 3.63) is 23.5 Å². The van der Waals surface area contributed by atoms with Gasteiger partial charge in [0, 0.05) is 39.8 Å². The second-order valence-electron chi connectivity index (χ2n) is 4.53. The number of likely N-dealkylation sites (N-methyl/N-ethyl adjacent to an activating group) is 1. The number of ether oxygens (including phenoxy) is 1. The topological polar surface area (TPSA) is 41.5 Å². The van der Waals surface area contributed by atoms with Crippen LogP contribution in [-0.4, -0.2) is 60.3 Å². The first kappa shape index (κ1) is 12.4. The molecule has 2 heterocycles. The summed E-state index contributed by atoms with van der Waals surface area (Å²) in [4.78, 5) is 4.77. The van der Waals surface area contributed by atoms with E-state index in [0.29, 0.717) is 6.61 Å². The molecule has 0 N–H and O–H groups in total. The lowest BCUT2D eigenvalue weighted by atomic mass is 10.3. The molecule has 0 atom stereocenters. The largest absolute Gasteiger partial charge is 0.378 e. The lowest BCUT2D eigenvalue weighted by Crippen LogP contribution is -2.44. The lowest BCUT2D eigenvalue weighted by molar-refractivity contribution is 0.146. The first-order chi connectivity index (χ1) is 8.28. The number of nitrogens with zero attached hydrogens (tertiary/aromatic N) is 4. The van der Waals surface area contributed by atoms with Gasteiger partial charge in [-0.05, 0) is 19.2 Å². The Kier molecular flexibility index (Phi) is 4.42. The minimum atomic E-state index is 0.530. The monoisotopic (exact) mass is 236 g/mol. The van der Waals surface area contributed by atoms with E-state index in [4.69, 9.17) is 4.74 Å². The van der Waals surface area contributed by atoms with E-state index in [-0.39, 0.29) is 0 Å². The fourth-order valence-electron chi connectivity index (χ4n) is 1.93. The minimum absolute atomic E-state index is 0.530. The lowest BCUT2D eigenvalue weighted by Gasteiger charge is -2.31. The Morgan fingerprint density at radius 2 is 1.76 bits per heavy atom. The van der Waals surface area contributed by atoms with Gasteiger partial charge in [0.15, 0.2) is 0 Å². The highest BCUT2D eigenvalue weighted by atomic mass is 16.5. The molecule has 17 heavy (non-hydrogen) atoms. The molecule has 0 amide bonds. The summed E-state index contributed by atoms with van der Waals surface area (Å²) in [6.07, 6.45) is 0. The maximum atomic E-state index is 5.01. The number of methoxy groups -OCH3 is 1. The molecule has 0 radical (unpaired) electrons. The van der Waals surface area contributed by atoms with Gasteiger partial charge in [-0.3, -0.25) is 4.90 Å². The minimum Gasteiger partial charge on any atom is -0.378 e. The van der Waals surface area contributed by atoms with E-state index in [1.807, 2.05) is 12.1 Å². The van der Waals surface area contributed by atoms with Crippen LogP contribution >= 0.6 is 0 Å². The summed E-state index contributed by atoms with van der Waals surface area (Å²) >= 11 is 0. The normalized spacial score (nSPS) is 18.5. The van der Waals surface area contributed by atoms with E-state index in [9.17, 15) is 0 Å². The second kappa shape index (κ2) is 6.05. The summed E-state index contributed by atoms with van der Waals surface area (Å²) in [5, 5.41) is 8.36. The molecule has 0 spiro atoms. The van der Waals surface area contributed by atoms with Crippen LogP contribution in [0.4, 0.5) is 0 Å². The highest BCUT2D eigenvalue weighted by molar-refractivity contribution is 5.06. The molecule has 5 heteroatoms. The summed E-state index contributed by atoms with van der Waals surface area (Å²) < 4.78 is 5.01. The fraction of sp³-hybridized carbons (Fsp3) is 0.667. The van der Waals surface area contributed by atoms with E-state index in [2.05, 4.69) is 27.0 Å². The van der Waals surface area contributed by atoms with Crippen LogP contribution in [-0.2, 0) is 17.9 Å². The van der Waals surface area contributed by atoms with E-state index >= 15 is 0 Å². The van der Waals surface area contributed by atoms with Gasteiger partial charge in [-0.1, -0.05) is 0 Å². The number of aromatic nitrogens is 2. The zero-order chi connectivity index (χ0) is 12.1. The third-order valence-electron chi connectivity index (χ3n) is 3.05. The maximum Gasteiger partial charge on any atom is 0.0902 e. The van der Waals surface area contributed by atoms with Gasteiger partial charge in [-0.15, -0.1) is 0 Å². The average molecular weight is 236 g/mol. The Bertz CT molecular complexity index is 333. The van der Waals surface area contributed by atoms with E-state index < -0.39 is 0 Å². The molecule has 0 aromatic carbocycles. The molecular weight excluding hydrogens is 216 g/mol. The van der Waals surface area contributed by atoms with Crippen molar-refractivity contribution in [3.63, 3.8) is 0 Å². The number of hydrogen-bond donors (Lipinski definition) is 0. The van der Waals surface area contributed by atoms with Gasteiger partial charge < -0.3 is 9.64 Å². The Morgan fingerprint density at radius 1 is 1.12 bits per heavy atom. The van der Waals surface area contributed by atoms with Crippen LogP contribution in [0.15, 0.2) is 12.1 Å². The van der Waals surface area contributed by atoms with Crippen LogP contribution < -0.4 is 0 Å². The summed E-state index contributed by atoms with van der Waals surface area (Å²) in [7, 11) is 3.83. The highest BCUT2D eigenvalue weighted by Gasteiger charge is 2.14. The fourth-order valence-corrected chi connectivity index (χ4v) is 1.93. The summed E-state index contributed by atoms with van der Waals surface area (Å²) in [6.45, 7) is 5.91. The van der Waals surface area contributed by atoms with Crippen molar-refractivity contribution in [1.29, 1.82) is 0 Å². The van der Waals surface area contributed by atoms with Gasteiger partial charge in [0.1, 0.15) is 0 Å². The van der Waals surface area contributed by atoms with Gasteiger partial charge >= 0.3 is 0 Å². The van der Waals surface area contributed by atoms with Crippen molar-refractivity contribution < 1.29 is 4.74 Å². The maximum absolute atomic E-state index is 5.01. The predicted octanol–water partition coefficient (Wildman–Crippen LogP) is 0.370. The van der Waals surface area contributed by atoms with Crippen LogP contribution in [0.25, 0.3) is 0 Å². The van der Waals surface area contributed by atoms with Crippen LogP contribution in [0.2, 0.25) is 0 Å². The summed E-state index contributed by atoms with van der Waals surface area (Å²) in [5.41, 5.74) is 1.92. The van der Waals surface area contributed by atoms with E-state index in [1.54, 1.807) is 7.11 Å². The van der Waals surface area contributed by atoms with Crippen molar-refractivity contribution in [3.8, 4) is 0 Å². The standard InChI is InChI=1S/C12H20N4O/c1-15-5-7-16(8-6-15)9-11-3-4-12(10-17-2)14-13-11/h3-4H,5-10H2,1-2H3. The zero-order valence-electron chi connectivity index (χ0n) is 10.6. The van der Waals surface area contributed by atoms with Gasteiger partial charge in [0.05, 0.1) is 18.0 Å². The molecule has 0 unspecified atom stereocenters. The summed E-state index contributed by atoms with van der Waals surface area (Å²) in [6, 6.07) is 4.03. The third-order valence-corrected chi connectivity index (χ3v) is 3.05. The second-order valence-corrected chi connectivity index (χ2v) is 4.53. The highest BCUT2D eigenvalue weighted by Crippen LogP contribution is 2.05. The van der Waals surface area contributed by atoms with Crippen molar-refractivity contribution in [2.75, 3.05) is 40.3 Å². The molecule has 2 rings (SSSR count). The Hall–Kier alpha value is -1.04. The Balaban J connectivity index is 1.86. The van der Waals surface area contributed by atoms with Crippen LogP contribution in [0.3, 0.4) is 0 Å².